The maximum absolute atomic E-state index is 6.16. The number of hydrogen-bond acceptors (Lipinski definition) is 6. The molecule has 0 amide bonds. The Hall–Kier alpha value is -2.83. The van der Waals surface area contributed by atoms with Crippen molar-refractivity contribution in [2.75, 3.05) is 12.4 Å². The summed E-state index contributed by atoms with van der Waals surface area (Å²) in [6, 6.07) is 9.85. The van der Waals surface area contributed by atoms with Crippen LogP contribution in [-0.4, -0.2) is 33.0 Å². The van der Waals surface area contributed by atoms with Gasteiger partial charge in [0.1, 0.15) is 5.82 Å². The molecule has 1 aliphatic carbocycles. The van der Waals surface area contributed by atoms with Crippen LogP contribution in [0.5, 0.6) is 11.5 Å². The molecule has 7 heteroatoms. The zero-order valence-corrected chi connectivity index (χ0v) is 15.1. The van der Waals surface area contributed by atoms with Gasteiger partial charge >= 0.3 is 0 Å². The second-order valence-corrected chi connectivity index (χ2v) is 6.60. The molecule has 0 radical (unpaired) electrons. The Morgan fingerprint density at radius 2 is 1.96 bits per heavy atom. The molecule has 1 N–H and O–H groups in total. The molecule has 0 spiro atoms. The summed E-state index contributed by atoms with van der Waals surface area (Å²) in [6.45, 7) is 2.53. The maximum atomic E-state index is 6.16. The van der Waals surface area contributed by atoms with E-state index in [-0.39, 0.29) is 0 Å². The number of aryl methyl sites for hydroxylation is 1. The third-order valence-electron chi connectivity index (χ3n) is 4.72. The highest BCUT2D eigenvalue weighted by molar-refractivity contribution is 5.46. The van der Waals surface area contributed by atoms with E-state index in [0.29, 0.717) is 12.6 Å². The van der Waals surface area contributed by atoms with E-state index in [2.05, 4.69) is 20.6 Å². The van der Waals surface area contributed by atoms with Crippen molar-refractivity contribution in [1.82, 2.24) is 19.8 Å². The molecule has 0 atom stereocenters. The summed E-state index contributed by atoms with van der Waals surface area (Å²) >= 11 is 0. The van der Waals surface area contributed by atoms with Crippen LogP contribution < -0.4 is 14.8 Å². The van der Waals surface area contributed by atoms with Gasteiger partial charge in [-0.1, -0.05) is 6.07 Å². The topological polar surface area (TPSA) is 73.6 Å². The summed E-state index contributed by atoms with van der Waals surface area (Å²) in [4.78, 5) is 0. The lowest BCUT2D eigenvalue weighted by molar-refractivity contribution is 0.200. The number of aromatic nitrogens is 4. The van der Waals surface area contributed by atoms with Crippen molar-refractivity contribution in [2.45, 2.75) is 45.3 Å². The number of anilines is 1. The molecule has 1 aromatic carbocycles. The van der Waals surface area contributed by atoms with Crippen LogP contribution >= 0.6 is 0 Å². The summed E-state index contributed by atoms with van der Waals surface area (Å²) in [5.41, 5.74) is 1.85. The van der Waals surface area contributed by atoms with E-state index >= 15 is 0 Å². The monoisotopic (exact) mass is 353 g/mol. The molecule has 1 saturated carbocycles. The lowest BCUT2D eigenvalue weighted by Gasteiger charge is -2.17. The van der Waals surface area contributed by atoms with Gasteiger partial charge in [-0.15, -0.1) is 15.3 Å². The van der Waals surface area contributed by atoms with Crippen molar-refractivity contribution in [2.24, 2.45) is 0 Å². The van der Waals surface area contributed by atoms with Crippen LogP contribution in [0.4, 0.5) is 5.82 Å². The average Bonchev–Trinajstić information content (AvgIpc) is 3.30. The van der Waals surface area contributed by atoms with Crippen LogP contribution in [-0.2, 0) is 6.54 Å². The number of fused-ring (bicyclic) bond motifs is 1. The fourth-order valence-corrected chi connectivity index (χ4v) is 3.29. The first kappa shape index (κ1) is 16.6. The molecule has 0 saturated heterocycles. The van der Waals surface area contributed by atoms with E-state index in [1.807, 2.05) is 37.3 Å². The Balaban J connectivity index is 1.48. The van der Waals surface area contributed by atoms with Crippen molar-refractivity contribution in [3.05, 3.63) is 41.7 Å². The summed E-state index contributed by atoms with van der Waals surface area (Å²) in [7, 11) is 1.68. The molecule has 1 aliphatic rings. The molecule has 2 heterocycles. The Labute approximate surface area is 152 Å². The highest BCUT2D eigenvalue weighted by Crippen LogP contribution is 2.32. The standard InChI is InChI=1S/C19H23N5O2/c1-13-21-22-19-10-9-18(23-24(13)19)20-12-14-7-8-16(25-2)17(11-14)26-15-5-3-4-6-15/h7-11,15H,3-6,12H2,1-2H3,(H,20,23). The van der Waals surface area contributed by atoms with Crippen molar-refractivity contribution in [3.63, 3.8) is 0 Å². The first-order valence-corrected chi connectivity index (χ1v) is 8.99. The number of rotatable bonds is 6. The van der Waals surface area contributed by atoms with E-state index < -0.39 is 0 Å². The van der Waals surface area contributed by atoms with E-state index in [0.717, 1.165) is 47.2 Å². The fraction of sp³-hybridized carbons (Fsp3) is 0.421. The van der Waals surface area contributed by atoms with Crippen molar-refractivity contribution in [1.29, 1.82) is 0 Å². The molecule has 4 rings (SSSR count). The number of nitrogens with one attached hydrogen (secondary N) is 1. The Morgan fingerprint density at radius 3 is 2.77 bits per heavy atom. The zero-order valence-electron chi connectivity index (χ0n) is 15.1. The molecular weight excluding hydrogens is 330 g/mol. The predicted octanol–water partition coefficient (Wildman–Crippen LogP) is 3.37. The summed E-state index contributed by atoms with van der Waals surface area (Å²) in [5, 5.41) is 15.9. The summed E-state index contributed by atoms with van der Waals surface area (Å²) < 4.78 is 13.3. The first-order chi connectivity index (χ1) is 12.7. The Morgan fingerprint density at radius 1 is 1.12 bits per heavy atom. The lowest BCUT2D eigenvalue weighted by atomic mass is 10.2. The quantitative estimate of drug-likeness (QED) is 0.732. The van der Waals surface area contributed by atoms with Gasteiger partial charge in [-0.2, -0.15) is 4.52 Å². The second-order valence-electron chi connectivity index (χ2n) is 6.60. The van der Waals surface area contributed by atoms with E-state index in [4.69, 9.17) is 9.47 Å². The Bertz CT molecular complexity index is 902. The molecule has 7 nitrogen and oxygen atoms in total. The van der Waals surface area contributed by atoms with Crippen LogP contribution in [0.15, 0.2) is 30.3 Å². The molecular formula is C19H23N5O2. The highest BCUT2D eigenvalue weighted by atomic mass is 16.5. The molecule has 26 heavy (non-hydrogen) atoms. The smallest absolute Gasteiger partial charge is 0.178 e. The third-order valence-corrected chi connectivity index (χ3v) is 4.72. The molecule has 0 bridgehead atoms. The number of benzene rings is 1. The second kappa shape index (κ2) is 7.19. The van der Waals surface area contributed by atoms with Gasteiger partial charge in [0.05, 0.1) is 13.2 Å². The van der Waals surface area contributed by atoms with Crippen LogP contribution in [0.3, 0.4) is 0 Å². The van der Waals surface area contributed by atoms with Gasteiger partial charge < -0.3 is 14.8 Å². The SMILES string of the molecule is COc1ccc(CNc2ccc3nnc(C)n3n2)cc1OC1CCCC1. The largest absolute Gasteiger partial charge is 0.493 e. The van der Waals surface area contributed by atoms with E-state index in [9.17, 15) is 0 Å². The number of hydrogen-bond donors (Lipinski definition) is 1. The Kier molecular flexibility index (Phi) is 4.60. The molecule has 2 aromatic heterocycles. The van der Waals surface area contributed by atoms with Crippen LogP contribution in [0, 0.1) is 6.92 Å². The average molecular weight is 353 g/mol. The molecule has 136 valence electrons. The predicted molar refractivity (Wildman–Crippen MR) is 98.7 cm³/mol. The van der Waals surface area contributed by atoms with Crippen LogP contribution in [0.2, 0.25) is 0 Å². The lowest BCUT2D eigenvalue weighted by Crippen LogP contribution is -2.12. The minimum atomic E-state index is 0.299. The van der Waals surface area contributed by atoms with Crippen molar-refractivity contribution >= 4 is 11.5 Å². The van der Waals surface area contributed by atoms with Gasteiger partial charge in [0.2, 0.25) is 0 Å². The highest BCUT2D eigenvalue weighted by Gasteiger charge is 2.18. The molecule has 0 aliphatic heterocycles. The molecule has 1 fully saturated rings. The number of ether oxygens (including phenoxy) is 2. The third kappa shape index (κ3) is 3.42. The van der Waals surface area contributed by atoms with Gasteiger partial charge in [0, 0.05) is 6.54 Å². The van der Waals surface area contributed by atoms with Gasteiger partial charge in [-0.05, 0) is 62.4 Å². The van der Waals surface area contributed by atoms with Gasteiger partial charge in [0.15, 0.2) is 23.0 Å². The van der Waals surface area contributed by atoms with Crippen molar-refractivity contribution < 1.29 is 9.47 Å². The molecule has 0 unspecified atom stereocenters. The van der Waals surface area contributed by atoms with Crippen molar-refractivity contribution in [3.8, 4) is 11.5 Å². The minimum absolute atomic E-state index is 0.299. The van der Waals surface area contributed by atoms with Gasteiger partial charge in [-0.3, -0.25) is 0 Å². The molecule has 3 aromatic rings. The zero-order chi connectivity index (χ0) is 17.9. The van der Waals surface area contributed by atoms with E-state index in [1.165, 1.54) is 12.8 Å². The fourth-order valence-electron chi connectivity index (χ4n) is 3.29. The van der Waals surface area contributed by atoms with E-state index in [1.54, 1.807) is 11.6 Å². The maximum Gasteiger partial charge on any atom is 0.178 e. The van der Waals surface area contributed by atoms with Crippen LogP contribution in [0.1, 0.15) is 37.1 Å². The number of nitrogens with zero attached hydrogens (tertiary/aromatic N) is 4. The number of methoxy groups -OCH3 is 1. The summed E-state index contributed by atoms with van der Waals surface area (Å²) in [6.07, 6.45) is 5.02. The summed E-state index contributed by atoms with van der Waals surface area (Å²) in [5.74, 6) is 3.13. The van der Waals surface area contributed by atoms with Gasteiger partial charge in [-0.25, -0.2) is 0 Å². The minimum Gasteiger partial charge on any atom is -0.493 e. The van der Waals surface area contributed by atoms with Gasteiger partial charge in [0.25, 0.3) is 0 Å². The van der Waals surface area contributed by atoms with Crippen LogP contribution in [0.25, 0.3) is 5.65 Å². The normalized spacial score (nSPS) is 14.7. The first-order valence-electron chi connectivity index (χ1n) is 8.99.